The first-order chi connectivity index (χ1) is 14.4. The summed E-state index contributed by atoms with van der Waals surface area (Å²) in [5.74, 6) is 3.62. The molecular weight excluding hydrogens is 376 g/mol. The van der Waals surface area contributed by atoms with Crippen molar-refractivity contribution < 1.29 is 0 Å². The number of hydrogen-bond acceptors (Lipinski definition) is 0. The molecule has 4 aromatic rings. The quantitative estimate of drug-likeness (QED) is 0.170. The molecule has 0 amide bonds. The van der Waals surface area contributed by atoms with Crippen LogP contribution in [0, 0.1) is 11.5 Å². The van der Waals surface area contributed by atoms with Crippen LogP contribution >= 0.6 is 0 Å². The SMILES string of the molecule is CCCCc1ccc2ccc3c(CCCC)cc(C#C[Si](C)(C)C)c4ccc1c2c43. The zero-order valence-corrected chi connectivity index (χ0v) is 20.3. The van der Waals surface area contributed by atoms with Crippen molar-refractivity contribution >= 4 is 40.4 Å². The van der Waals surface area contributed by atoms with Crippen molar-refractivity contribution in [3.05, 3.63) is 59.2 Å². The molecule has 0 aliphatic carbocycles. The highest BCUT2D eigenvalue weighted by molar-refractivity contribution is 6.83. The number of hydrogen-bond donors (Lipinski definition) is 0. The van der Waals surface area contributed by atoms with Crippen molar-refractivity contribution in [2.75, 3.05) is 0 Å². The summed E-state index contributed by atoms with van der Waals surface area (Å²) in [4.78, 5) is 0. The van der Waals surface area contributed by atoms with Gasteiger partial charge in [-0.1, -0.05) is 88.6 Å². The van der Waals surface area contributed by atoms with E-state index in [1.54, 1.807) is 0 Å². The highest BCUT2D eigenvalue weighted by Crippen LogP contribution is 2.39. The summed E-state index contributed by atoms with van der Waals surface area (Å²) < 4.78 is 0. The molecule has 0 saturated heterocycles. The third kappa shape index (κ3) is 3.99. The fourth-order valence-corrected chi connectivity index (χ4v) is 5.06. The van der Waals surface area contributed by atoms with E-state index in [0.717, 1.165) is 12.8 Å². The lowest BCUT2D eigenvalue weighted by Gasteiger charge is -2.17. The molecule has 0 N–H and O–H groups in total. The molecule has 0 bridgehead atoms. The maximum Gasteiger partial charge on any atom is 0.129 e. The van der Waals surface area contributed by atoms with Gasteiger partial charge in [0.2, 0.25) is 0 Å². The van der Waals surface area contributed by atoms with Crippen LogP contribution in [-0.4, -0.2) is 8.07 Å². The van der Waals surface area contributed by atoms with E-state index in [2.05, 4.69) is 87.4 Å². The van der Waals surface area contributed by atoms with Crippen molar-refractivity contribution in [1.82, 2.24) is 0 Å². The van der Waals surface area contributed by atoms with Crippen LogP contribution < -0.4 is 0 Å². The van der Waals surface area contributed by atoms with E-state index in [1.807, 2.05) is 0 Å². The monoisotopic (exact) mass is 410 g/mol. The lowest BCUT2D eigenvalue weighted by atomic mass is 9.86. The number of benzene rings is 4. The lowest BCUT2D eigenvalue weighted by Crippen LogP contribution is -2.16. The highest BCUT2D eigenvalue weighted by atomic mass is 28.3. The van der Waals surface area contributed by atoms with Gasteiger partial charge < -0.3 is 0 Å². The van der Waals surface area contributed by atoms with Crippen LogP contribution in [-0.2, 0) is 12.8 Å². The first-order valence-electron chi connectivity index (χ1n) is 11.7. The van der Waals surface area contributed by atoms with Gasteiger partial charge in [0.05, 0.1) is 0 Å². The van der Waals surface area contributed by atoms with Crippen LogP contribution in [0.2, 0.25) is 19.6 Å². The minimum Gasteiger partial charge on any atom is -0.127 e. The van der Waals surface area contributed by atoms with Crippen LogP contribution in [0.15, 0.2) is 42.5 Å². The molecular formula is C29H34Si. The van der Waals surface area contributed by atoms with Gasteiger partial charge in [-0.2, -0.15) is 0 Å². The zero-order valence-electron chi connectivity index (χ0n) is 19.3. The van der Waals surface area contributed by atoms with Gasteiger partial charge in [-0.3, -0.25) is 0 Å². The summed E-state index contributed by atoms with van der Waals surface area (Å²) in [6.07, 6.45) is 7.23. The van der Waals surface area contributed by atoms with Crippen molar-refractivity contribution in [2.45, 2.75) is 72.0 Å². The molecule has 0 nitrogen and oxygen atoms in total. The topological polar surface area (TPSA) is 0 Å². The van der Waals surface area contributed by atoms with Gasteiger partial charge >= 0.3 is 0 Å². The average Bonchev–Trinajstić information content (AvgIpc) is 2.73. The van der Waals surface area contributed by atoms with E-state index in [-0.39, 0.29) is 0 Å². The molecule has 0 heterocycles. The largest absolute Gasteiger partial charge is 0.129 e. The summed E-state index contributed by atoms with van der Waals surface area (Å²) in [6, 6.07) is 16.5. The summed E-state index contributed by atoms with van der Waals surface area (Å²) in [7, 11) is -1.43. The van der Waals surface area contributed by atoms with Crippen LogP contribution in [0.4, 0.5) is 0 Å². The predicted molar refractivity (Wildman–Crippen MR) is 138 cm³/mol. The van der Waals surface area contributed by atoms with Crippen LogP contribution in [0.5, 0.6) is 0 Å². The summed E-state index contributed by atoms with van der Waals surface area (Å²) in [5.41, 5.74) is 7.81. The molecule has 4 rings (SSSR count). The number of unbranched alkanes of at least 4 members (excludes halogenated alkanes) is 2. The van der Waals surface area contributed by atoms with E-state index in [0.29, 0.717) is 0 Å². The van der Waals surface area contributed by atoms with Crippen LogP contribution in [0.3, 0.4) is 0 Å². The van der Waals surface area contributed by atoms with E-state index < -0.39 is 8.07 Å². The summed E-state index contributed by atoms with van der Waals surface area (Å²) in [6.45, 7) is 11.5. The van der Waals surface area contributed by atoms with Crippen LogP contribution in [0.25, 0.3) is 32.3 Å². The molecule has 0 aliphatic heterocycles. The Morgan fingerprint density at radius 2 is 1.30 bits per heavy atom. The Kier molecular flexibility index (Phi) is 5.90. The lowest BCUT2D eigenvalue weighted by molar-refractivity contribution is 0.799. The van der Waals surface area contributed by atoms with E-state index in [9.17, 15) is 0 Å². The van der Waals surface area contributed by atoms with Crippen molar-refractivity contribution in [2.24, 2.45) is 0 Å². The number of aryl methyl sites for hydroxylation is 2. The first-order valence-corrected chi connectivity index (χ1v) is 15.2. The molecule has 0 fully saturated rings. The molecule has 0 saturated carbocycles. The Balaban J connectivity index is 2.07. The highest BCUT2D eigenvalue weighted by Gasteiger charge is 2.16. The van der Waals surface area contributed by atoms with E-state index in [1.165, 1.54) is 74.7 Å². The molecule has 154 valence electrons. The minimum atomic E-state index is -1.43. The average molecular weight is 411 g/mol. The second-order valence-corrected chi connectivity index (χ2v) is 14.5. The third-order valence-corrected chi connectivity index (χ3v) is 7.00. The maximum absolute atomic E-state index is 3.62. The minimum absolute atomic E-state index is 1.13. The maximum atomic E-state index is 3.62. The molecule has 0 aliphatic rings. The van der Waals surface area contributed by atoms with E-state index >= 15 is 0 Å². The Morgan fingerprint density at radius 3 is 2.00 bits per heavy atom. The Labute approximate surface area is 183 Å². The molecule has 30 heavy (non-hydrogen) atoms. The fraction of sp³-hybridized carbons (Fsp3) is 0.379. The molecule has 0 unspecified atom stereocenters. The van der Waals surface area contributed by atoms with Gasteiger partial charge in [0.1, 0.15) is 8.07 Å². The van der Waals surface area contributed by atoms with Crippen LogP contribution in [0.1, 0.15) is 56.2 Å². The third-order valence-electron chi connectivity index (χ3n) is 6.13. The summed E-state index contributed by atoms with van der Waals surface area (Å²) >= 11 is 0. The Bertz CT molecular complexity index is 1240. The normalized spacial score (nSPS) is 12.0. The van der Waals surface area contributed by atoms with Crippen molar-refractivity contribution in [3.8, 4) is 11.5 Å². The smallest absolute Gasteiger partial charge is 0.127 e. The molecule has 1 heteroatoms. The van der Waals surface area contributed by atoms with E-state index in [4.69, 9.17) is 0 Å². The first kappa shape index (κ1) is 20.9. The standard InChI is InChI=1S/C29H34Si/c1-6-8-10-21-12-13-22-14-15-26-23(11-9-7-2)20-24(18-19-30(3,4)5)27-17-16-25(21)28(22)29(26)27/h12-17,20H,6-11H2,1-5H3. The van der Waals surface area contributed by atoms with Crippen molar-refractivity contribution in [1.29, 1.82) is 0 Å². The zero-order chi connectivity index (χ0) is 21.3. The predicted octanol–water partition coefficient (Wildman–Crippen LogP) is 8.50. The molecule has 4 aromatic carbocycles. The fourth-order valence-electron chi connectivity index (χ4n) is 4.55. The Morgan fingerprint density at radius 1 is 0.700 bits per heavy atom. The van der Waals surface area contributed by atoms with Gasteiger partial charge in [-0.25, -0.2) is 0 Å². The molecule has 0 radical (unpaired) electrons. The number of rotatable bonds is 6. The Hall–Kier alpha value is -2.30. The second kappa shape index (κ2) is 8.44. The van der Waals surface area contributed by atoms with Gasteiger partial charge in [-0.05, 0) is 75.2 Å². The second-order valence-electron chi connectivity index (χ2n) is 9.76. The summed E-state index contributed by atoms with van der Waals surface area (Å²) in [5, 5.41) is 8.46. The molecule has 0 atom stereocenters. The van der Waals surface area contributed by atoms with Gasteiger partial charge in [0.25, 0.3) is 0 Å². The van der Waals surface area contributed by atoms with Gasteiger partial charge in [-0.15, -0.1) is 5.54 Å². The molecule has 0 spiro atoms. The molecule has 0 aromatic heterocycles. The van der Waals surface area contributed by atoms with Gasteiger partial charge in [0, 0.05) is 5.56 Å². The van der Waals surface area contributed by atoms with Gasteiger partial charge in [0.15, 0.2) is 0 Å². The van der Waals surface area contributed by atoms with Crippen molar-refractivity contribution in [3.63, 3.8) is 0 Å².